The molecule has 1 atom stereocenters. The Balaban J connectivity index is 1.90. The molecule has 0 aliphatic carbocycles. The minimum atomic E-state index is -0.484. The highest BCUT2D eigenvalue weighted by molar-refractivity contribution is 5.45. The van der Waals surface area contributed by atoms with Gasteiger partial charge in [-0.15, -0.1) is 6.58 Å². The summed E-state index contributed by atoms with van der Waals surface area (Å²) in [6.07, 6.45) is 1.97. The molecule has 0 saturated carbocycles. The second-order valence-corrected chi connectivity index (χ2v) is 3.91. The Bertz CT molecular complexity index is 392. The van der Waals surface area contributed by atoms with E-state index in [4.69, 9.17) is 9.47 Å². The third-order valence-electron chi connectivity index (χ3n) is 2.66. The first-order chi connectivity index (χ1) is 8.31. The van der Waals surface area contributed by atoms with Crippen LogP contribution in [0.1, 0.15) is 18.1 Å². The molecule has 0 saturated heterocycles. The second kappa shape index (κ2) is 5.70. The van der Waals surface area contributed by atoms with Gasteiger partial charge in [-0.1, -0.05) is 12.1 Å². The molecule has 2 N–H and O–H groups in total. The van der Waals surface area contributed by atoms with E-state index >= 15 is 0 Å². The summed E-state index contributed by atoms with van der Waals surface area (Å²) in [4.78, 5) is 0. The maximum Gasteiger partial charge on any atom is 0.231 e. The van der Waals surface area contributed by atoms with E-state index in [1.165, 1.54) is 0 Å². The average molecular weight is 235 g/mol. The normalized spacial score (nSPS) is 14.6. The summed E-state index contributed by atoms with van der Waals surface area (Å²) in [5.41, 5.74) is 0.856. The number of aliphatic hydroxyl groups excluding tert-OH is 1. The van der Waals surface area contributed by atoms with Crippen LogP contribution in [0.25, 0.3) is 0 Å². The molecule has 1 heterocycles. The van der Waals surface area contributed by atoms with Crippen LogP contribution in [0, 0.1) is 0 Å². The predicted molar refractivity (Wildman–Crippen MR) is 65.2 cm³/mol. The Hall–Kier alpha value is -1.52. The van der Waals surface area contributed by atoms with Gasteiger partial charge < -0.3 is 19.9 Å². The van der Waals surface area contributed by atoms with E-state index in [1.807, 2.05) is 18.2 Å². The molecule has 1 aliphatic rings. The molecule has 2 rings (SSSR count). The number of hydrogen-bond donors (Lipinski definition) is 2. The van der Waals surface area contributed by atoms with Crippen molar-refractivity contribution >= 4 is 0 Å². The zero-order valence-corrected chi connectivity index (χ0v) is 9.69. The van der Waals surface area contributed by atoms with Gasteiger partial charge in [0.1, 0.15) is 0 Å². The van der Waals surface area contributed by atoms with Gasteiger partial charge >= 0.3 is 0 Å². The lowest BCUT2D eigenvalue weighted by atomic mass is 10.1. The topological polar surface area (TPSA) is 50.7 Å². The molecule has 17 heavy (non-hydrogen) atoms. The maximum absolute atomic E-state index is 9.99. The van der Waals surface area contributed by atoms with E-state index in [0.29, 0.717) is 12.2 Å². The summed E-state index contributed by atoms with van der Waals surface area (Å²) in [7, 11) is 0. The Morgan fingerprint density at radius 1 is 1.41 bits per heavy atom. The van der Waals surface area contributed by atoms with Crippen LogP contribution in [-0.4, -0.2) is 25.0 Å². The first-order valence-corrected chi connectivity index (χ1v) is 5.70. The molecule has 1 aliphatic heterocycles. The van der Waals surface area contributed by atoms with Crippen molar-refractivity contribution < 1.29 is 14.6 Å². The fraction of sp³-hybridized carbons (Fsp3) is 0.385. The SMILES string of the molecule is C=CCNCCC(O)c1ccc2c(c1)OCO2. The zero-order chi connectivity index (χ0) is 12.1. The number of benzene rings is 1. The number of fused-ring (bicyclic) bond motifs is 1. The monoisotopic (exact) mass is 235 g/mol. The van der Waals surface area contributed by atoms with Gasteiger partial charge in [-0.2, -0.15) is 0 Å². The van der Waals surface area contributed by atoms with Crippen molar-refractivity contribution in [2.75, 3.05) is 19.9 Å². The van der Waals surface area contributed by atoms with Gasteiger partial charge in [0.15, 0.2) is 11.5 Å². The molecule has 0 radical (unpaired) electrons. The van der Waals surface area contributed by atoms with Crippen LogP contribution >= 0.6 is 0 Å². The van der Waals surface area contributed by atoms with E-state index in [2.05, 4.69) is 11.9 Å². The summed E-state index contributed by atoms with van der Waals surface area (Å²) in [5.74, 6) is 1.45. The average Bonchev–Trinajstić information content (AvgIpc) is 2.81. The van der Waals surface area contributed by atoms with Gasteiger partial charge in [0.2, 0.25) is 6.79 Å². The molecule has 1 unspecified atom stereocenters. The summed E-state index contributed by atoms with van der Waals surface area (Å²) in [5, 5.41) is 13.1. The van der Waals surface area contributed by atoms with Crippen molar-refractivity contribution in [3.63, 3.8) is 0 Å². The lowest BCUT2D eigenvalue weighted by Gasteiger charge is -2.11. The van der Waals surface area contributed by atoms with E-state index < -0.39 is 6.10 Å². The summed E-state index contributed by atoms with van der Waals surface area (Å²) < 4.78 is 10.5. The van der Waals surface area contributed by atoms with Crippen LogP contribution in [0.2, 0.25) is 0 Å². The predicted octanol–water partition coefficient (Wildman–Crippen LogP) is 1.61. The number of nitrogens with one attached hydrogen (secondary N) is 1. The molecule has 1 aromatic carbocycles. The summed E-state index contributed by atoms with van der Waals surface area (Å²) in [6, 6.07) is 5.53. The van der Waals surface area contributed by atoms with Crippen molar-refractivity contribution in [2.24, 2.45) is 0 Å². The van der Waals surface area contributed by atoms with Crippen molar-refractivity contribution in [3.8, 4) is 11.5 Å². The number of ether oxygens (including phenoxy) is 2. The highest BCUT2D eigenvalue weighted by atomic mass is 16.7. The Kier molecular flexibility index (Phi) is 4.01. The molecular weight excluding hydrogens is 218 g/mol. The minimum absolute atomic E-state index is 0.260. The molecular formula is C13H17NO3. The van der Waals surface area contributed by atoms with Crippen LogP contribution in [0.15, 0.2) is 30.9 Å². The highest BCUT2D eigenvalue weighted by Gasteiger charge is 2.16. The quantitative estimate of drug-likeness (QED) is 0.581. The zero-order valence-electron chi connectivity index (χ0n) is 9.69. The van der Waals surface area contributed by atoms with E-state index in [9.17, 15) is 5.11 Å². The van der Waals surface area contributed by atoms with Crippen molar-refractivity contribution in [1.29, 1.82) is 0 Å². The molecule has 0 aromatic heterocycles. The van der Waals surface area contributed by atoms with E-state index in [-0.39, 0.29) is 6.79 Å². The summed E-state index contributed by atoms with van der Waals surface area (Å²) in [6.45, 7) is 5.39. The number of hydrogen-bond acceptors (Lipinski definition) is 4. The van der Waals surface area contributed by atoms with Crippen LogP contribution in [-0.2, 0) is 0 Å². The minimum Gasteiger partial charge on any atom is -0.454 e. The fourth-order valence-electron chi connectivity index (χ4n) is 1.73. The lowest BCUT2D eigenvalue weighted by molar-refractivity contribution is 0.165. The first-order valence-electron chi connectivity index (χ1n) is 5.70. The van der Waals surface area contributed by atoms with Crippen molar-refractivity contribution in [3.05, 3.63) is 36.4 Å². The lowest BCUT2D eigenvalue weighted by Crippen LogP contribution is -2.17. The maximum atomic E-state index is 9.99. The van der Waals surface area contributed by atoms with Crippen molar-refractivity contribution in [1.82, 2.24) is 5.32 Å². The van der Waals surface area contributed by atoms with Gasteiger partial charge in [-0.3, -0.25) is 0 Å². The van der Waals surface area contributed by atoms with Crippen LogP contribution in [0.5, 0.6) is 11.5 Å². The molecule has 92 valence electrons. The molecule has 4 nitrogen and oxygen atoms in total. The van der Waals surface area contributed by atoms with Gasteiger partial charge in [-0.25, -0.2) is 0 Å². The molecule has 0 bridgehead atoms. The Morgan fingerprint density at radius 2 is 2.24 bits per heavy atom. The molecule has 4 heteroatoms. The van der Waals surface area contributed by atoms with Crippen LogP contribution < -0.4 is 14.8 Å². The van der Waals surface area contributed by atoms with Gasteiger partial charge in [0.25, 0.3) is 0 Å². The van der Waals surface area contributed by atoms with Crippen LogP contribution in [0.4, 0.5) is 0 Å². The third-order valence-corrected chi connectivity index (χ3v) is 2.66. The molecule has 0 spiro atoms. The molecule has 1 aromatic rings. The highest BCUT2D eigenvalue weighted by Crippen LogP contribution is 2.34. The Morgan fingerprint density at radius 3 is 3.06 bits per heavy atom. The number of rotatable bonds is 6. The summed E-state index contributed by atoms with van der Waals surface area (Å²) >= 11 is 0. The number of aliphatic hydroxyl groups is 1. The van der Waals surface area contributed by atoms with Crippen LogP contribution in [0.3, 0.4) is 0 Å². The van der Waals surface area contributed by atoms with Crippen molar-refractivity contribution in [2.45, 2.75) is 12.5 Å². The molecule has 0 amide bonds. The molecule has 0 fully saturated rings. The first kappa shape index (κ1) is 12.0. The second-order valence-electron chi connectivity index (χ2n) is 3.91. The van der Waals surface area contributed by atoms with Gasteiger partial charge in [0, 0.05) is 6.54 Å². The van der Waals surface area contributed by atoms with E-state index in [1.54, 1.807) is 6.08 Å². The third kappa shape index (κ3) is 2.99. The largest absolute Gasteiger partial charge is 0.454 e. The Labute approximate surface area is 101 Å². The standard InChI is InChI=1S/C13H17NO3/c1-2-6-14-7-5-11(15)10-3-4-12-13(8-10)17-9-16-12/h2-4,8,11,14-15H,1,5-7,9H2. The smallest absolute Gasteiger partial charge is 0.231 e. The van der Waals surface area contributed by atoms with Gasteiger partial charge in [0.05, 0.1) is 6.10 Å². The van der Waals surface area contributed by atoms with Gasteiger partial charge in [-0.05, 0) is 30.7 Å². The van der Waals surface area contributed by atoms with E-state index in [0.717, 1.165) is 24.4 Å². The fourth-order valence-corrected chi connectivity index (χ4v) is 1.73.